The Labute approximate surface area is 110 Å². The monoisotopic (exact) mass is 325 g/mol. The Balaban J connectivity index is 2.94. The Morgan fingerprint density at radius 2 is 2.11 bits per heavy atom. The molecular weight excluding hydrogens is 315 g/mol. The number of hydrogen-bond donors (Lipinski definition) is 1. The number of amides is 1. The third-order valence-corrected chi connectivity index (χ3v) is 2.83. The zero-order valence-corrected chi connectivity index (χ0v) is 10.8. The Bertz CT molecular complexity index is 429. The highest BCUT2D eigenvalue weighted by atomic mass is 79.9. The number of rotatable bonds is 5. The molecule has 0 saturated heterocycles. The van der Waals surface area contributed by atoms with Crippen LogP contribution in [0.25, 0.3) is 0 Å². The highest BCUT2D eigenvalue weighted by molar-refractivity contribution is 9.10. The molecule has 0 radical (unpaired) electrons. The molecule has 0 heterocycles. The molecule has 0 aliphatic rings. The van der Waals surface area contributed by atoms with E-state index in [0.717, 1.165) is 17.0 Å². The molecular formula is C11H11BrF3NO2. The number of carbonyl (C=O) groups is 1. The summed E-state index contributed by atoms with van der Waals surface area (Å²) in [6, 6.07) is 3.35. The van der Waals surface area contributed by atoms with Gasteiger partial charge in [-0.05, 0) is 34.1 Å². The summed E-state index contributed by atoms with van der Waals surface area (Å²) in [5.41, 5.74) is 0.0745. The van der Waals surface area contributed by atoms with Gasteiger partial charge in [0.1, 0.15) is 5.82 Å². The normalized spacial score (nSPS) is 10.8. The number of aliphatic hydroxyl groups excluding tert-OH is 1. The molecule has 0 saturated carbocycles. The van der Waals surface area contributed by atoms with Crippen LogP contribution in [0.3, 0.4) is 0 Å². The van der Waals surface area contributed by atoms with Gasteiger partial charge in [-0.2, -0.15) is 0 Å². The summed E-state index contributed by atoms with van der Waals surface area (Å²) in [5, 5.41) is 8.75. The first-order valence-corrected chi connectivity index (χ1v) is 5.88. The quantitative estimate of drug-likeness (QED) is 0.902. The first-order valence-electron chi connectivity index (χ1n) is 5.09. The highest BCUT2D eigenvalue weighted by Crippen LogP contribution is 2.20. The van der Waals surface area contributed by atoms with Gasteiger partial charge in [0.05, 0.1) is 18.7 Å². The van der Waals surface area contributed by atoms with Gasteiger partial charge in [-0.25, -0.2) is 13.2 Å². The van der Waals surface area contributed by atoms with Crippen molar-refractivity contribution in [2.75, 3.05) is 19.7 Å². The minimum Gasteiger partial charge on any atom is -0.395 e. The van der Waals surface area contributed by atoms with Crippen LogP contribution in [0.2, 0.25) is 0 Å². The Hall–Kier alpha value is -1.08. The second-order valence-electron chi connectivity index (χ2n) is 3.49. The molecule has 100 valence electrons. The summed E-state index contributed by atoms with van der Waals surface area (Å²) in [6.07, 6.45) is -2.69. The van der Waals surface area contributed by atoms with Crippen LogP contribution in [-0.4, -0.2) is 42.0 Å². The van der Waals surface area contributed by atoms with Crippen molar-refractivity contribution in [2.24, 2.45) is 0 Å². The third-order valence-electron chi connectivity index (χ3n) is 2.18. The lowest BCUT2D eigenvalue weighted by atomic mass is 10.2. The topological polar surface area (TPSA) is 40.5 Å². The summed E-state index contributed by atoms with van der Waals surface area (Å²) >= 11 is 3.00. The average Bonchev–Trinajstić information content (AvgIpc) is 2.27. The molecule has 0 spiro atoms. The summed E-state index contributed by atoms with van der Waals surface area (Å²) in [6.45, 7) is -1.40. The molecule has 1 amide bonds. The van der Waals surface area contributed by atoms with Gasteiger partial charge in [0, 0.05) is 11.0 Å². The number of hydrogen-bond acceptors (Lipinski definition) is 2. The van der Waals surface area contributed by atoms with E-state index in [0.29, 0.717) is 0 Å². The maximum Gasteiger partial charge on any atom is 0.255 e. The van der Waals surface area contributed by atoms with Gasteiger partial charge in [-0.1, -0.05) is 0 Å². The molecule has 0 fully saturated rings. The zero-order chi connectivity index (χ0) is 13.7. The van der Waals surface area contributed by atoms with Crippen molar-refractivity contribution >= 4 is 21.8 Å². The van der Waals surface area contributed by atoms with E-state index in [1.165, 1.54) is 6.07 Å². The van der Waals surface area contributed by atoms with Crippen molar-refractivity contribution < 1.29 is 23.1 Å². The molecule has 0 bridgehead atoms. The van der Waals surface area contributed by atoms with Crippen LogP contribution in [0, 0.1) is 5.82 Å². The number of carbonyl (C=O) groups excluding carboxylic acids is 1. The van der Waals surface area contributed by atoms with E-state index in [4.69, 9.17) is 5.11 Å². The van der Waals surface area contributed by atoms with Crippen molar-refractivity contribution in [3.05, 3.63) is 34.1 Å². The molecule has 0 atom stereocenters. The van der Waals surface area contributed by atoms with Crippen molar-refractivity contribution in [3.8, 4) is 0 Å². The van der Waals surface area contributed by atoms with Gasteiger partial charge in [0.25, 0.3) is 12.3 Å². The van der Waals surface area contributed by atoms with Crippen LogP contribution in [0.15, 0.2) is 22.7 Å². The van der Waals surface area contributed by atoms with Crippen molar-refractivity contribution in [1.29, 1.82) is 0 Å². The molecule has 1 aromatic carbocycles. The predicted octanol–water partition coefficient (Wildman–Crippen LogP) is 2.29. The molecule has 0 unspecified atom stereocenters. The van der Waals surface area contributed by atoms with Crippen LogP contribution in [0.5, 0.6) is 0 Å². The molecule has 0 aromatic heterocycles. The lowest BCUT2D eigenvalue weighted by molar-refractivity contribution is 0.0508. The van der Waals surface area contributed by atoms with E-state index in [-0.39, 0.29) is 16.6 Å². The third kappa shape index (κ3) is 3.99. The Morgan fingerprint density at radius 3 is 2.61 bits per heavy atom. The molecule has 18 heavy (non-hydrogen) atoms. The number of halogens is 4. The number of aliphatic hydroxyl groups is 1. The van der Waals surface area contributed by atoms with E-state index >= 15 is 0 Å². The minimum atomic E-state index is -2.69. The average molecular weight is 326 g/mol. The summed E-state index contributed by atoms with van der Waals surface area (Å²) in [7, 11) is 0. The molecule has 0 aliphatic heterocycles. The maximum absolute atomic E-state index is 12.9. The van der Waals surface area contributed by atoms with Crippen molar-refractivity contribution in [2.45, 2.75) is 6.43 Å². The molecule has 7 heteroatoms. The van der Waals surface area contributed by atoms with Gasteiger partial charge in [-0.3, -0.25) is 4.79 Å². The fourth-order valence-electron chi connectivity index (χ4n) is 1.40. The van der Waals surface area contributed by atoms with Crippen LogP contribution < -0.4 is 0 Å². The molecule has 1 rings (SSSR count). The maximum atomic E-state index is 12.9. The van der Waals surface area contributed by atoms with Crippen LogP contribution in [0.4, 0.5) is 13.2 Å². The van der Waals surface area contributed by atoms with Gasteiger partial charge in [0.15, 0.2) is 0 Å². The summed E-state index contributed by atoms with van der Waals surface area (Å²) in [4.78, 5) is 12.8. The SMILES string of the molecule is O=C(c1ccc(F)cc1Br)N(CCO)CC(F)F. The van der Waals surface area contributed by atoms with Crippen LogP contribution >= 0.6 is 15.9 Å². The number of alkyl halides is 2. The fourth-order valence-corrected chi connectivity index (χ4v) is 1.92. The second-order valence-corrected chi connectivity index (χ2v) is 4.34. The standard InChI is InChI=1S/C11H11BrF3NO2/c12-9-5-7(13)1-2-8(9)11(18)16(3-4-17)6-10(14)15/h1-2,5,10,17H,3-4,6H2. The fraction of sp³-hybridized carbons (Fsp3) is 0.364. The van der Waals surface area contributed by atoms with Gasteiger partial charge in [0.2, 0.25) is 0 Å². The number of nitrogens with zero attached hydrogens (tertiary/aromatic N) is 1. The van der Waals surface area contributed by atoms with Gasteiger partial charge >= 0.3 is 0 Å². The lowest BCUT2D eigenvalue weighted by Gasteiger charge is -2.21. The van der Waals surface area contributed by atoms with E-state index in [1.54, 1.807) is 0 Å². The minimum absolute atomic E-state index is 0.0745. The number of benzene rings is 1. The summed E-state index contributed by atoms with van der Waals surface area (Å²) in [5.74, 6) is -1.22. The molecule has 1 aromatic rings. The lowest BCUT2D eigenvalue weighted by Crippen LogP contribution is -2.37. The van der Waals surface area contributed by atoms with E-state index in [2.05, 4.69) is 15.9 Å². The van der Waals surface area contributed by atoms with Crippen molar-refractivity contribution in [3.63, 3.8) is 0 Å². The molecule has 3 nitrogen and oxygen atoms in total. The Kier molecular flexibility index (Phi) is 5.61. The second kappa shape index (κ2) is 6.75. The van der Waals surface area contributed by atoms with Gasteiger partial charge < -0.3 is 10.0 Å². The molecule has 0 aliphatic carbocycles. The first kappa shape index (κ1) is 15.0. The van der Waals surface area contributed by atoms with E-state index < -0.39 is 31.3 Å². The van der Waals surface area contributed by atoms with Gasteiger partial charge in [-0.15, -0.1) is 0 Å². The predicted molar refractivity (Wildman–Crippen MR) is 63.1 cm³/mol. The highest BCUT2D eigenvalue weighted by Gasteiger charge is 2.21. The van der Waals surface area contributed by atoms with Crippen molar-refractivity contribution in [1.82, 2.24) is 4.90 Å². The largest absolute Gasteiger partial charge is 0.395 e. The first-order chi connectivity index (χ1) is 8.45. The summed E-state index contributed by atoms with van der Waals surface area (Å²) < 4.78 is 37.6. The smallest absolute Gasteiger partial charge is 0.255 e. The Morgan fingerprint density at radius 1 is 1.44 bits per heavy atom. The van der Waals surface area contributed by atoms with Crippen LogP contribution in [-0.2, 0) is 0 Å². The molecule has 1 N–H and O–H groups in total. The van der Waals surface area contributed by atoms with E-state index in [1.807, 2.05) is 0 Å². The van der Waals surface area contributed by atoms with Crippen LogP contribution in [0.1, 0.15) is 10.4 Å². The van der Waals surface area contributed by atoms with E-state index in [9.17, 15) is 18.0 Å². The zero-order valence-electron chi connectivity index (χ0n) is 9.25.